The summed E-state index contributed by atoms with van der Waals surface area (Å²) in [6, 6.07) is 0. The van der Waals surface area contributed by atoms with E-state index in [1.54, 1.807) is 0 Å². The zero-order chi connectivity index (χ0) is 7.44. The van der Waals surface area contributed by atoms with Crippen LogP contribution in [0.1, 0.15) is 13.3 Å². The summed E-state index contributed by atoms with van der Waals surface area (Å²) in [6.45, 7) is 1.38. The third kappa shape index (κ3) is 4.02. The van der Waals surface area contributed by atoms with Crippen molar-refractivity contribution in [3.05, 3.63) is 0 Å². The predicted octanol–water partition coefficient (Wildman–Crippen LogP) is -0.251. The molecule has 0 aliphatic carbocycles. The Kier molecular flexibility index (Phi) is 3.30. The molecule has 0 fully saturated rings. The fraction of sp³-hybridized carbons (Fsp3) is 0.600. The van der Waals surface area contributed by atoms with Crippen molar-refractivity contribution in [1.29, 1.82) is 0 Å². The third-order valence-corrected chi connectivity index (χ3v) is 1.41. The Hall–Kier alpha value is -0.510. The van der Waals surface area contributed by atoms with E-state index in [-0.39, 0.29) is 12.2 Å². The number of carbonyl (C=O) groups is 2. The first kappa shape index (κ1) is 8.49. The van der Waals surface area contributed by atoms with Gasteiger partial charge in [-0.1, -0.05) is 0 Å². The summed E-state index contributed by atoms with van der Waals surface area (Å²) in [5.74, 6) is -0.623. The predicted molar refractivity (Wildman–Crippen MR) is 37.3 cm³/mol. The van der Waals surface area contributed by atoms with Crippen LogP contribution in [0.25, 0.3) is 0 Å². The monoisotopic (exact) mass is 147 g/mol. The van der Waals surface area contributed by atoms with E-state index >= 15 is 0 Å². The standard InChI is InChI=1S/C5H9NO2S/c1-3(7)4(9)2-5(6)8/h4,9H,2H2,1H3,(H2,6,8). The Morgan fingerprint density at radius 1 is 1.67 bits per heavy atom. The van der Waals surface area contributed by atoms with E-state index in [1.807, 2.05) is 0 Å². The Morgan fingerprint density at radius 3 is 2.22 bits per heavy atom. The molecular formula is C5H9NO2S. The molecule has 4 heteroatoms. The summed E-state index contributed by atoms with van der Waals surface area (Å²) in [7, 11) is 0. The van der Waals surface area contributed by atoms with Gasteiger partial charge >= 0.3 is 0 Å². The summed E-state index contributed by atoms with van der Waals surface area (Å²) < 4.78 is 0. The lowest BCUT2D eigenvalue weighted by Crippen LogP contribution is -2.21. The van der Waals surface area contributed by atoms with Crippen LogP contribution in [-0.2, 0) is 9.59 Å². The highest BCUT2D eigenvalue weighted by atomic mass is 32.1. The van der Waals surface area contributed by atoms with Crippen molar-refractivity contribution < 1.29 is 9.59 Å². The second-order valence-electron chi connectivity index (χ2n) is 1.80. The zero-order valence-corrected chi connectivity index (χ0v) is 6.02. The van der Waals surface area contributed by atoms with Crippen LogP contribution in [0, 0.1) is 0 Å². The normalized spacial score (nSPS) is 12.7. The molecule has 0 rings (SSSR count). The Labute approximate surface area is 59.0 Å². The molecular weight excluding hydrogens is 138 g/mol. The van der Waals surface area contributed by atoms with E-state index in [2.05, 4.69) is 12.6 Å². The van der Waals surface area contributed by atoms with Crippen LogP contribution in [0.4, 0.5) is 0 Å². The fourth-order valence-electron chi connectivity index (χ4n) is 0.334. The van der Waals surface area contributed by atoms with Crippen LogP contribution >= 0.6 is 12.6 Å². The number of rotatable bonds is 3. The third-order valence-electron chi connectivity index (χ3n) is 0.864. The van der Waals surface area contributed by atoms with E-state index in [0.29, 0.717) is 0 Å². The van der Waals surface area contributed by atoms with Gasteiger partial charge < -0.3 is 5.73 Å². The van der Waals surface area contributed by atoms with Crippen molar-refractivity contribution in [3.8, 4) is 0 Å². The van der Waals surface area contributed by atoms with Gasteiger partial charge in [-0.2, -0.15) is 12.6 Å². The highest BCUT2D eigenvalue weighted by Crippen LogP contribution is 2.00. The van der Waals surface area contributed by atoms with Crippen LogP contribution in [0.3, 0.4) is 0 Å². The molecule has 0 aromatic heterocycles. The molecule has 0 saturated carbocycles. The van der Waals surface area contributed by atoms with Crippen molar-refractivity contribution in [1.82, 2.24) is 0 Å². The second kappa shape index (κ2) is 3.50. The van der Waals surface area contributed by atoms with Crippen molar-refractivity contribution in [2.75, 3.05) is 0 Å². The quantitative estimate of drug-likeness (QED) is 0.541. The minimum absolute atomic E-state index is 0.0262. The summed E-state index contributed by atoms with van der Waals surface area (Å²) in [5, 5.41) is -0.525. The Bertz CT molecular complexity index is 135. The van der Waals surface area contributed by atoms with E-state index in [1.165, 1.54) is 6.92 Å². The number of ketones is 1. The smallest absolute Gasteiger partial charge is 0.218 e. The average Bonchev–Trinajstić information content (AvgIpc) is 1.63. The topological polar surface area (TPSA) is 60.2 Å². The molecule has 0 aromatic carbocycles. The number of thiol groups is 1. The number of nitrogens with two attached hydrogens (primary N) is 1. The van der Waals surface area contributed by atoms with Gasteiger partial charge in [-0.15, -0.1) is 0 Å². The van der Waals surface area contributed by atoms with Gasteiger partial charge in [0.15, 0.2) is 0 Å². The van der Waals surface area contributed by atoms with E-state index in [0.717, 1.165) is 0 Å². The van der Waals surface area contributed by atoms with Gasteiger partial charge in [0.05, 0.1) is 5.25 Å². The number of Topliss-reactive ketones (excluding diaryl/α,β-unsaturated/α-hetero) is 1. The molecule has 52 valence electrons. The summed E-state index contributed by atoms with van der Waals surface area (Å²) in [5.41, 5.74) is 4.79. The van der Waals surface area contributed by atoms with Gasteiger partial charge in [0.1, 0.15) is 5.78 Å². The summed E-state index contributed by atoms with van der Waals surface area (Å²) >= 11 is 3.81. The molecule has 0 radical (unpaired) electrons. The van der Waals surface area contributed by atoms with Gasteiger partial charge in [-0.05, 0) is 6.92 Å². The molecule has 9 heavy (non-hydrogen) atoms. The first-order valence-corrected chi connectivity index (χ1v) is 3.02. The molecule has 0 aliphatic rings. The maximum absolute atomic E-state index is 10.4. The lowest BCUT2D eigenvalue weighted by molar-refractivity contribution is -0.122. The van der Waals surface area contributed by atoms with Crippen LogP contribution in [0.15, 0.2) is 0 Å². The maximum atomic E-state index is 10.4. The number of carbonyl (C=O) groups excluding carboxylic acids is 2. The summed E-state index contributed by atoms with van der Waals surface area (Å²) in [6.07, 6.45) is 0.0262. The van der Waals surface area contributed by atoms with Gasteiger partial charge in [0, 0.05) is 6.42 Å². The molecule has 1 unspecified atom stereocenters. The first-order chi connectivity index (χ1) is 4.04. The van der Waals surface area contributed by atoms with Crippen LogP contribution in [0.5, 0.6) is 0 Å². The van der Waals surface area contributed by atoms with E-state index in [4.69, 9.17) is 5.73 Å². The molecule has 0 aromatic rings. The van der Waals surface area contributed by atoms with Crippen molar-refractivity contribution >= 4 is 24.3 Å². The number of hydrogen-bond donors (Lipinski definition) is 2. The molecule has 1 amide bonds. The van der Waals surface area contributed by atoms with Crippen LogP contribution < -0.4 is 5.73 Å². The Morgan fingerprint density at radius 2 is 2.11 bits per heavy atom. The Balaban J connectivity index is 3.63. The minimum Gasteiger partial charge on any atom is -0.370 e. The van der Waals surface area contributed by atoms with Gasteiger partial charge in [-0.3, -0.25) is 9.59 Å². The zero-order valence-electron chi connectivity index (χ0n) is 5.13. The van der Waals surface area contributed by atoms with Gasteiger partial charge in [-0.25, -0.2) is 0 Å². The fourth-order valence-corrected chi connectivity index (χ4v) is 0.514. The minimum atomic E-state index is -0.525. The first-order valence-electron chi connectivity index (χ1n) is 2.51. The van der Waals surface area contributed by atoms with Gasteiger partial charge in [0.25, 0.3) is 0 Å². The summed E-state index contributed by atoms with van der Waals surface area (Å²) in [4.78, 5) is 20.5. The molecule has 0 aliphatic heterocycles. The maximum Gasteiger partial charge on any atom is 0.218 e. The van der Waals surface area contributed by atoms with Gasteiger partial charge in [0.2, 0.25) is 5.91 Å². The largest absolute Gasteiger partial charge is 0.370 e. The molecule has 2 N–H and O–H groups in total. The molecule has 1 atom stereocenters. The molecule has 0 bridgehead atoms. The average molecular weight is 147 g/mol. The second-order valence-corrected chi connectivity index (χ2v) is 2.42. The lowest BCUT2D eigenvalue weighted by Gasteiger charge is -2.00. The highest BCUT2D eigenvalue weighted by Gasteiger charge is 2.10. The van der Waals surface area contributed by atoms with Crippen molar-refractivity contribution in [2.24, 2.45) is 5.73 Å². The number of amides is 1. The van der Waals surface area contributed by atoms with E-state index < -0.39 is 11.2 Å². The van der Waals surface area contributed by atoms with Crippen LogP contribution in [-0.4, -0.2) is 16.9 Å². The lowest BCUT2D eigenvalue weighted by atomic mass is 10.2. The van der Waals surface area contributed by atoms with Crippen LogP contribution in [0.2, 0.25) is 0 Å². The van der Waals surface area contributed by atoms with Crippen molar-refractivity contribution in [3.63, 3.8) is 0 Å². The van der Waals surface area contributed by atoms with Crippen molar-refractivity contribution in [2.45, 2.75) is 18.6 Å². The number of hydrogen-bond acceptors (Lipinski definition) is 3. The molecule has 0 heterocycles. The molecule has 0 spiro atoms. The molecule has 0 saturated heterocycles. The highest BCUT2D eigenvalue weighted by molar-refractivity contribution is 7.81. The SMILES string of the molecule is CC(=O)C(S)CC(N)=O. The van der Waals surface area contributed by atoms with E-state index in [9.17, 15) is 9.59 Å². The number of primary amides is 1. The molecule has 3 nitrogen and oxygen atoms in total.